The zero-order valence-electron chi connectivity index (χ0n) is 7.84. The molecule has 15 heavy (non-hydrogen) atoms. The highest BCUT2D eigenvalue weighted by Crippen LogP contribution is 2.22. The molecule has 1 aromatic heterocycles. The summed E-state index contributed by atoms with van der Waals surface area (Å²) in [5.74, 6) is -0.762. The minimum atomic E-state index is -2.70. The number of nitrogens with zero attached hydrogens (tertiary/aromatic N) is 1. The van der Waals surface area contributed by atoms with Crippen molar-refractivity contribution in [2.45, 2.75) is 13.3 Å². The fourth-order valence-corrected chi connectivity index (χ4v) is 1.17. The number of pyridine rings is 1. The lowest BCUT2D eigenvalue weighted by Crippen LogP contribution is -2.08. The van der Waals surface area contributed by atoms with Crippen molar-refractivity contribution in [1.82, 2.24) is 4.98 Å². The number of carbonyl (C=O) groups excluding carboxylic acids is 1. The second kappa shape index (κ2) is 5.02. The molecule has 3 nitrogen and oxygen atoms in total. The molecule has 0 atom stereocenters. The number of hydrogen-bond donors (Lipinski definition) is 0. The van der Waals surface area contributed by atoms with E-state index in [1.54, 1.807) is 6.92 Å². The van der Waals surface area contributed by atoms with Crippen LogP contribution in [0, 0.1) is 0 Å². The molecule has 6 heteroatoms. The lowest BCUT2D eigenvalue weighted by molar-refractivity contribution is 0.0519. The van der Waals surface area contributed by atoms with Crippen molar-refractivity contribution in [3.8, 4) is 0 Å². The molecule has 0 unspecified atom stereocenters. The lowest BCUT2D eigenvalue weighted by atomic mass is 10.2. The summed E-state index contributed by atoms with van der Waals surface area (Å²) in [4.78, 5) is 14.8. The average Bonchev–Trinajstić information content (AvgIpc) is 2.17. The predicted molar refractivity (Wildman–Crippen MR) is 50.2 cm³/mol. The van der Waals surface area contributed by atoms with Crippen LogP contribution in [0.3, 0.4) is 0 Å². The van der Waals surface area contributed by atoms with Gasteiger partial charge < -0.3 is 4.74 Å². The van der Waals surface area contributed by atoms with Crippen LogP contribution < -0.4 is 0 Å². The summed E-state index contributed by atoms with van der Waals surface area (Å²) in [5.41, 5.74) is -0.558. The number of rotatable bonds is 3. The van der Waals surface area contributed by atoms with Gasteiger partial charge in [0, 0.05) is 5.56 Å². The van der Waals surface area contributed by atoms with E-state index in [0.717, 1.165) is 12.1 Å². The summed E-state index contributed by atoms with van der Waals surface area (Å²) >= 11 is 5.49. The summed E-state index contributed by atoms with van der Waals surface area (Å²) in [5, 5.41) is -0.157. The predicted octanol–water partition coefficient (Wildman–Crippen LogP) is 2.85. The number of esters is 1. The number of ether oxygens (including phenoxy) is 1. The van der Waals surface area contributed by atoms with Gasteiger partial charge in [-0.2, -0.15) is 0 Å². The average molecular weight is 236 g/mol. The number of hydrogen-bond acceptors (Lipinski definition) is 3. The van der Waals surface area contributed by atoms with Gasteiger partial charge in [-0.05, 0) is 19.1 Å². The summed E-state index contributed by atoms with van der Waals surface area (Å²) in [6, 6.07) is 1.98. The standard InChI is InChI=1S/C9H8ClF2NO2/c1-2-15-9(14)6-3-5(8(11)12)4-7(10)13-6/h3-4,8H,2H2,1H3. The van der Waals surface area contributed by atoms with Crippen molar-refractivity contribution in [2.75, 3.05) is 6.61 Å². The van der Waals surface area contributed by atoms with E-state index in [9.17, 15) is 13.6 Å². The Kier molecular flexibility index (Phi) is 3.96. The Morgan fingerprint density at radius 3 is 2.80 bits per heavy atom. The van der Waals surface area contributed by atoms with Crippen LogP contribution in [0.5, 0.6) is 0 Å². The molecule has 1 heterocycles. The molecule has 1 aromatic rings. The molecule has 0 aliphatic carbocycles. The second-order valence-electron chi connectivity index (χ2n) is 2.63. The van der Waals surface area contributed by atoms with E-state index in [0.29, 0.717) is 0 Å². The van der Waals surface area contributed by atoms with Crippen molar-refractivity contribution < 1.29 is 18.3 Å². The number of aromatic nitrogens is 1. The van der Waals surface area contributed by atoms with Crippen LogP contribution >= 0.6 is 11.6 Å². The van der Waals surface area contributed by atoms with E-state index < -0.39 is 12.4 Å². The van der Waals surface area contributed by atoms with Crippen molar-refractivity contribution in [3.05, 3.63) is 28.5 Å². The molecule has 0 bridgehead atoms. The van der Waals surface area contributed by atoms with Crippen molar-refractivity contribution in [1.29, 1.82) is 0 Å². The fourth-order valence-electron chi connectivity index (χ4n) is 0.952. The topological polar surface area (TPSA) is 39.2 Å². The van der Waals surface area contributed by atoms with Crippen LogP contribution in [0.25, 0.3) is 0 Å². The van der Waals surface area contributed by atoms with Gasteiger partial charge in [0.15, 0.2) is 5.69 Å². The molecule has 1 rings (SSSR count). The highest BCUT2D eigenvalue weighted by molar-refractivity contribution is 6.29. The Bertz CT molecular complexity index is 371. The molecule has 0 amide bonds. The van der Waals surface area contributed by atoms with E-state index in [1.165, 1.54) is 0 Å². The Morgan fingerprint density at radius 2 is 2.27 bits per heavy atom. The Balaban J connectivity index is 3.03. The van der Waals surface area contributed by atoms with Crippen LogP contribution in [-0.2, 0) is 4.74 Å². The van der Waals surface area contributed by atoms with Crippen LogP contribution in [0.15, 0.2) is 12.1 Å². The molecule has 0 radical (unpaired) electrons. The summed E-state index contributed by atoms with van der Waals surface area (Å²) in [6.45, 7) is 1.76. The third-order valence-electron chi connectivity index (χ3n) is 1.55. The Labute approximate surface area is 90.0 Å². The minimum absolute atomic E-state index is 0.150. The zero-order valence-corrected chi connectivity index (χ0v) is 8.59. The van der Waals surface area contributed by atoms with Gasteiger partial charge in [0.25, 0.3) is 6.43 Å². The fraction of sp³-hybridized carbons (Fsp3) is 0.333. The molecule has 0 fully saturated rings. The van der Waals surface area contributed by atoms with Crippen molar-refractivity contribution in [3.63, 3.8) is 0 Å². The maximum Gasteiger partial charge on any atom is 0.356 e. The highest BCUT2D eigenvalue weighted by atomic mass is 35.5. The van der Waals surface area contributed by atoms with Crippen LogP contribution in [0.4, 0.5) is 8.78 Å². The maximum absolute atomic E-state index is 12.3. The third-order valence-corrected chi connectivity index (χ3v) is 1.75. The van der Waals surface area contributed by atoms with Gasteiger partial charge in [-0.3, -0.25) is 0 Å². The van der Waals surface area contributed by atoms with Gasteiger partial charge in [-0.15, -0.1) is 0 Å². The molecule has 0 aromatic carbocycles. The van der Waals surface area contributed by atoms with Gasteiger partial charge in [0.05, 0.1) is 6.61 Å². The molecule has 0 N–H and O–H groups in total. The van der Waals surface area contributed by atoms with E-state index in [-0.39, 0.29) is 23.0 Å². The number of carbonyl (C=O) groups is 1. The smallest absolute Gasteiger partial charge is 0.356 e. The molecule has 0 aliphatic heterocycles. The van der Waals surface area contributed by atoms with Gasteiger partial charge in [0.1, 0.15) is 5.15 Å². The molecule has 0 saturated heterocycles. The first kappa shape index (κ1) is 11.8. The Hall–Kier alpha value is -1.23. The SMILES string of the molecule is CCOC(=O)c1cc(C(F)F)cc(Cl)n1. The van der Waals surface area contributed by atoms with Crippen molar-refractivity contribution in [2.24, 2.45) is 0 Å². The quantitative estimate of drug-likeness (QED) is 0.597. The van der Waals surface area contributed by atoms with Crippen LogP contribution in [0.2, 0.25) is 5.15 Å². The van der Waals surface area contributed by atoms with E-state index in [2.05, 4.69) is 9.72 Å². The van der Waals surface area contributed by atoms with Crippen LogP contribution in [0.1, 0.15) is 29.4 Å². The summed E-state index contributed by atoms with van der Waals surface area (Å²) in [7, 11) is 0. The van der Waals surface area contributed by atoms with E-state index in [1.807, 2.05) is 0 Å². The summed E-state index contributed by atoms with van der Waals surface area (Å²) in [6.07, 6.45) is -2.70. The summed E-state index contributed by atoms with van der Waals surface area (Å²) < 4.78 is 29.3. The largest absolute Gasteiger partial charge is 0.461 e. The molecular weight excluding hydrogens is 228 g/mol. The first-order valence-electron chi connectivity index (χ1n) is 4.17. The van der Waals surface area contributed by atoms with Gasteiger partial charge in [-0.1, -0.05) is 11.6 Å². The number of halogens is 3. The van der Waals surface area contributed by atoms with Gasteiger partial charge in [-0.25, -0.2) is 18.6 Å². The Morgan fingerprint density at radius 1 is 1.60 bits per heavy atom. The zero-order chi connectivity index (χ0) is 11.4. The van der Waals surface area contributed by atoms with E-state index in [4.69, 9.17) is 11.6 Å². The second-order valence-corrected chi connectivity index (χ2v) is 3.02. The molecule has 0 spiro atoms. The van der Waals surface area contributed by atoms with Gasteiger partial charge >= 0.3 is 5.97 Å². The van der Waals surface area contributed by atoms with Gasteiger partial charge in [0.2, 0.25) is 0 Å². The maximum atomic E-state index is 12.3. The molecule has 0 aliphatic rings. The van der Waals surface area contributed by atoms with Crippen LogP contribution in [-0.4, -0.2) is 17.6 Å². The lowest BCUT2D eigenvalue weighted by Gasteiger charge is -2.04. The first-order valence-corrected chi connectivity index (χ1v) is 4.55. The van der Waals surface area contributed by atoms with E-state index >= 15 is 0 Å². The number of alkyl halides is 2. The van der Waals surface area contributed by atoms with Crippen molar-refractivity contribution >= 4 is 17.6 Å². The minimum Gasteiger partial charge on any atom is -0.461 e. The normalized spacial score (nSPS) is 10.5. The monoisotopic (exact) mass is 235 g/mol. The molecular formula is C9H8ClF2NO2. The first-order chi connectivity index (χ1) is 7.04. The third kappa shape index (κ3) is 3.13. The molecule has 0 saturated carbocycles. The highest BCUT2D eigenvalue weighted by Gasteiger charge is 2.15. The molecule has 82 valence electrons.